The molecule has 5 heavy (non-hydrogen) atoms. The zero-order valence-electron chi connectivity index (χ0n) is 3.07. The van der Waals surface area contributed by atoms with Crippen molar-refractivity contribution in [3.05, 3.63) is 0 Å². The molecule has 0 amide bonds. The van der Waals surface area contributed by atoms with Crippen LogP contribution >= 0.6 is 18.8 Å². The Morgan fingerprint density at radius 2 is 1.00 bits per heavy atom. The van der Waals surface area contributed by atoms with E-state index in [4.69, 9.17) is 18.8 Å². The van der Waals surface area contributed by atoms with E-state index in [1.165, 1.54) is 0 Å². The zero-order chi connectivity index (χ0) is 2.71. The van der Waals surface area contributed by atoms with Gasteiger partial charge in [0.15, 0.2) is 0 Å². The Labute approximate surface area is 133 Å². The predicted octanol–water partition coefficient (Wildman–Crippen LogP) is 0.615. The van der Waals surface area contributed by atoms with Gasteiger partial charge >= 0.3 is 35.3 Å². The van der Waals surface area contributed by atoms with E-state index < -0.39 is 16.5 Å². The van der Waals surface area contributed by atoms with E-state index in [1.807, 2.05) is 0 Å². The molecule has 0 unspecified atom stereocenters. The summed E-state index contributed by atoms with van der Waals surface area (Å²) in [6.45, 7) is 0. The van der Waals surface area contributed by atoms with Crippen LogP contribution in [0.2, 0.25) is 0 Å². The molecule has 0 aromatic rings. The van der Waals surface area contributed by atoms with E-state index in [0.717, 1.165) is 0 Å². The van der Waals surface area contributed by atoms with Gasteiger partial charge in [-0.15, -0.1) is 0 Å². The SMILES string of the molecule is [Cl][Pt][Cl].[K].[K]. The van der Waals surface area contributed by atoms with Gasteiger partial charge in [0.2, 0.25) is 0 Å². The molecule has 0 aromatic heterocycles. The summed E-state index contributed by atoms with van der Waals surface area (Å²) in [5.74, 6) is 0. The van der Waals surface area contributed by atoms with Gasteiger partial charge in [0.25, 0.3) is 0 Å². The van der Waals surface area contributed by atoms with Gasteiger partial charge in [0.05, 0.1) is 0 Å². The molecule has 0 N–H and O–H groups in total. The maximum absolute atomic E-state index is 4.88. The molecule has 5 heteroatoms. The Morgan fingerprint density at radius 1 is 1.00 bits per heavy atom. The third-order valence-corrected chi connectivity index (χ3v) is 0. The third-order valence-electron chi connectivity index (χ3n) is 0. The van der Waals surface area contributed by atoms with Gasteiger partial charge in [-0.1, -0.05) is 0 Å². The van der Waals surface area contributed by atoms with Crippen molar-refractivity contribution in [1.29, 1.82) is 0 Å². The van der Waals surface area contributed by atoms with Gasteiger partial charge in [-0.25, -0.2) is 0 Å². The second-order valence-corrected chi connectivity index (χ2v) is 3.33. The van der Waals surface area contributed by atoms with Gasteiger partial charge in [0.1, 0.15) is 0 Å². The molecule has 0 aliphatic rings. The molecule has 0 fully saturated rings. The Bertz CT molecular complexity index is 7.61. The van der Waals surface area contributed by atoms with Crippen LogP contribution in [0.5, 0.6) is 0 Å². The molecule has 0 atom stereocenters. The van der Waals surface area contributed by atoms with Gasteiger partial charge in [-0.05, 0) is 0 Å². The predicted molar refractivity (Wildman–Crippen MR) is 23.2 cm³/mol. The smallest absolute Gasteiger partial charge is 0 e. The summed E-state index contributed by atoms with van der Waals surface area (Å²) in [6.07, 6.45) is 0. The minimum atomic E-state index is -0.472. The fourth-order valence-corrected chi connectivity index (χ4v) is 0. The summed E-state index contributed by atoms with van der Waals surface area (Å²) >= 11 is -0.472. The molecule has 26 valence electrons. The maximum atomic E-state index is 4.88. The summed E-state index contributed by atoms with van der Waals surface area (Å²) in [5, 5.41) is 0. The monoisotopic (exact) mass is 343 g/mol. The molecule has 0 spiro atoms. The molecular weight excluding hydrogens is 344 g/mol. The molecule has 0 nitrogen and oxygen atoms in total. The second kappa shape index (κ2) is 15.8. The molecule has 2 radical (unpaired) electrons. The molecule has 0 saturated heterocycles. The molecule has 0 rings (SSSR count). The molecule has 0 aliphatic carbocycles. The molecule has 0 heterocycles. The van der Waals surface area contributed by atoms with E-state index in [2.05, 4.69) is 0 Å². The van der Waals surface area contributed by atoms with Crippen LogP contribution in [0.25, 0.3) is 0 Å². The normalized spacial score (nSPS) is 4.40. The van der Waals surface area contributed by atoms with E-state index in [1.54, 1.807) is 0 Å². The minimum Gasteiger partial charge on any atom is 0 e. The van der Waals surface area contributed by atoms with E-state index in [0.29, 0.717) is 0 Å². The summed E-state index contributed by atoms with van der Waals surface area (Å²) < 4.78 is 0. The van der Waals surface area contributed by atoms with Crippen molar-refractivity contribution in [2.24, 2.45) is 0 Å². The molecule has 0 saturated carbocycles. The van der Waals surface area contributed by atoms with Crippen molar-refractivity contribution in [3.8, 4) is 0 Å². The Balaban J connectivity index is -0.0000000200. The number of rotatable bonds is 0. The van der Waals surface area contributed by atoms with Crippen LogP contribution in [-0.2, 0) is 16.5 Å². The molecule has 0 aliphatic heterocycles. The van der Waals surface area contributed by atoms with Gasteiger partial charge in [0, 0.05) is 103 Å². The first-order valence-electron chi connectivity index (χ1n) is 0.239. The molecule has 0 aromatic carbocycles. The Morgan fingerprint density at radius 3 is 1.00 bits per heavy atom. The fourth-order valence-electron chi connectivity index (χ4n) is 0. The second-order valence-electron chi connectivity index (χ2n) is 0.0452. The largest absolute Gasteiger partial charge is 0 e. The van der Waals surface area contributed by atoms with E-state index in [9.17, 15) is 0 Å². The quantitative estimate of drug-likeness (QED) is 0.565. The minimum absolute atomic E-state index is 0. The van der Waals surface area contributed by atoms with E-state index >= 15 is 0 Å². The van der Waals surface area contributed by atoms with E-state index in [-0.39, 0.29) is 103 Å². The fraction of sp³-hybridized carbons (Fsp3) is 0. The van der Waals surface area contributed by atoms with Crippen LogP contribution < -0.4 is 0 Å². The van der Waals surface area contributed by atoms with Crippen LogP contribution in [0.3, 0.4) is 0 Å². The van der Waals surface area contributed by atoms with Crippen molar-refractivity contribution >= 4 is 122 Å². The first kappa shape index (κ1) is 16.3. The van der Waals surface area contributed by atoms with Crippen LogP contribution in [0, 0.1) is 0 Å². The summed E-state index contributed by atoms with van der Waals surface area (Å²) in [7, 11) is 9.75. The van der Waals surface area contributed by atoms with Gasteiger partial charge in [-0.2, -0.15) is 0 Å². The summed E-state index contributed by atoms with van der Waals surface area (Å²) in [4.78, 5) is 0. The first-order chi connectivity index (χ1) is 1.41. The number of hydrogen-bond donors (Lipinski definition) is 0. The van der Waals surface area contributed by atoms with Crippen molar-refractivity contribution in [2.45, 2.75) is 0 Å². The Hall–Kier alpha value is 4.54. The van der Waals surface area contributed by atoms with Crippen LogP contribution in [-0.4, -0.2) is 103 Å². The van der Waals surface area contributed by atoms with Crippen molar-refractivity contribution in [1.82, 2.24) is 0 Å². The molecular formula is Cl2K2Pt. The Kier molecular flexibility index (Phi) is 51.5. The van der Waals surface area contributed by atoms with Crippen LogP contribution in [0.15, 0.2) is 0 Å². The summed E-state index contributed by atoms with van der Waals surface area (Å²) in [6, 6.07) is 0. The third kappa shape index (κ3) is 17.7. The average molecular weight is 344 g/mol. The van der Waals surface area contributed by atoms with Crippen molar-refractivity contribution in [3.63, 3.8) is 0 Å². The maximum Gasteiger partial charge on any atom is 0 e. The van der Waals surface area contributed by atoms with Gasteiger partial charge in [-0.3, -0.25) is 0 Å². The van der Waals surface area contributed by atoms with Crippen LogP contribution in [0.4, 0.5) is 0 Å². The average Bonchev–Trinajstić information content (AvgIpc) is 0.918. The summed E-state index contributed by atoms with van der Waals surface area (Å²) in [5.41, 5.74) is 0. The van der Waals surface area contributed by atoms with Gasteiger partial charge < -0.3 is 0 Å². The number of hydrogen-bond acceptors (Lipinski definition) is 0. The first-order valence-corrected chi connectivity index (χ1v) is 5.87. The zero-order valence-corrected chi connectivity index (χ0v) is 13.1. The van der Waals surface area contributed by atoms with Crippen molar-refractivity contribution < 1.29 is 16.5 Å². The number of halogens is 2. The van der Waals surface area contributed by atoms with Crippen LogP contribution in [0.1, 0.15) is 0 Å². The van der Waals surface area contributed by atoms with Crippen molar-refractivity contribution in [2.75, 3.05) is 0 Å². The molecule has 0 bridgehead atoms. The topological polar surface area (TPSA) is 0 Å². The standard InChI is InChI=1S/2ClH.2K.Pt/h2*1H;;;/q;;;;+2/p-2.